The van der Waals surface area contributed by atoms with Crippen molar-refractivity contribution in [3.05, 3.63) is 70.8 Å². The molecule has 0 aliphatic carbocycles. The minimum Gasteiger partial charge on any atom is -0.352 e. The number of fused-ring (bicyclic) bond motifs is 1. The van der Waals surface area contributed by atoms with Crippen LogP contribution < -0.4 is 5.32 Å². The molecule has 1 aliphatic heterocycles. The summed E-state index contributed by atoms with van der Waals surface area (Å²) in [6.07, 6.45) is 1.25. The van der Waals surface area contributed by atoms with Gasteiger partial charge in [0.1, 0.15) is 6.04 Å². The van der Waals surface area contributed by atoms with Crippen molar-refractivity contribution in [1.29, 1.82) is 0 Å². The molecule has 7 heteroatoms. The number of nitrogens with one attached hydrogen (secondary N) is 1. The third-order valence-electron chi connectivity index (χ3n) is 6.42. The minimum absolute atomic E-state index is 0.0131. The van der Waals surface area contributed by atoms with E-state index < -0.39 is 6.04 Å². The van der Waals surface area contributed by atoms with Crippen molar-refractivity contribution >= 4 is 23.6 Å². The van der Waals surface area contributed by atoms with Gasteiger partial charge in [-0.3, -0.25) is 24.1 Å². The lowest BCUT2D eigenvalue weighted by atomic mass is 10.1. The second-order valence-electron chi connectivity index (χ2n) is 8.85. The number of hydrogen-bond donors (Lipinski definition) is 1. The zero-order valence-electron chi connectivity index (χ0n) is 20.3. The third-order valence-corrected chi connectivity index (χ3v) is 6.42. The lowest BCUT2D eigenvalue weighted by molar-refractivity contribution is -0.141. The van der Waals surface area contributed by atoms with Crippen LogP contribution in [0.5, 0.6) is 0 Å². The fraction of sp³-hybridized carbons (Fsp3) is 0.407. The molecule has 0 spiro atoms. The van der Waals surface area contributed by atoms with E-state index >= 15 is 0 Å². The highest BCUT2D eigenvalue weighted by atomic mass is 16.2. The Morgan fingerprint density at radius 2 is 1.56 bits per heavy atom. The van der Waals surface area contributed by atoms with E-state index in [0.29, 0.717) is 24.1 Å². The highest BCUT2D eigenvalue weighted by Gasteiger charge is 2.35. The number of nitrogens with zero attached hydrogens (tertiary/aromatic N) is 2. The SMILES string of the molecule is CCC(C)NC(=O)C(C)N(Cc1ccccc1C)C(=O)CCCN1C(=O)c2ccccc2C1=O. The second kappa shape index (κ2) is 11.1. The summed E-state index contributed by atoms with van der Waals surface area (Å²) in [5.74, 6) is -1.04. The van der Waals surface area contributed by atoms with E-state index in [-0.39, 0.29) is 42.6 Å². The van der Waals surface area contributed by atoms with Crippen LogP contribution in [0.3, 0.4) is 0 Å². The fourth-order valence-electron chi connectivity index (χ4n) is 3.99. The van der Waals surface area contributed by atoms with Gasteiger partial charge in [0, 0.05) is 25.6 Å². The van der Waals surface area contributed by atoms with Crippen molar-refractivity contribution in [2.24, 2.45) is 0 Å². The summed E-state index contributed by atoms with van der Waals surface area (Å²) in [6, 6.07) is 13.9. The maximum absolute atomic E-state index is 13.3. The number of carbonyl (C=O) groups excluding carboxylic acids is 4. The van der Waals surface area contributed by atoms with E-state index in [0.717, 1.165) is 17.5 Å². The highest BCUT2D eigenvalue weighted by molar-refractivity contribution is 6.21. The monoisotopic (exact) mass is 463 g/mol. The van der Waals surface area contributed by atoms with Crippen LogP contribution in [-0.2, 0) is 16.1 Å². The molecule has 0 saturated heterocycles. The van der Waals surface area contributed by atoms with Crippen LogP contribution in [0.15, 0.2) is 48.5 Å². The Bertz CT molecular complexity index is 1050. The van der Waals surface area contributed by atoms with Crippen LogP contribution in [0, 0.1) is 6.92 Å². The average Bonchev–Trinajstić information content (AvgIpc) is 3.07. The van der Waals surface area contributed by atoms with Crippen molar-refractivity contribution in [2.75, 3.05) is 6.54 Å². The summed E-state index contributed by atoms with van der Waals surface area (Å²) in [7, 11) is 0. The molecule has 1 N–H and O–H groups in total. The van der Waals surface area contributed by atoms with E-state index in [1.807, 2.05) is 45.0 Å². The predicted molar refractivity (Wildman–Crippen MR) is 130 cm³/mol. The molecule has 2 atom stereocenters. The normalized spacial score (nSPS) is 14.5. The van der Waals surface area contributed by atoms with E-state index in [1.165, 1.54) is 4.90 Å². The lowest BCUT2D eigenvalue weighted by Crippen LogP contribution is -2.49. The zero-order valence-corrected chi connectivity index (χ0v) is 20.3. The molecule has 2 aromatic rings. The first kappa shape index (κ1) is 25.1. The molecule has 7 nitrogen and oxygen atoms in total. The Hall–Kier alpha value is -3.48. The molecule has 4 amide bonds. The molecular weight excluding hydrogens is 430 g/mol. The molecule has 0 saturated carbocycles. The van der Waals surface area contributed by atoms with Crippen molar-refractivity contribution in [2.45, 2.75) is 65.6 Å². The van der Waals surface area contributed by atoms with Gasteiger partial charge in [0.05, 0.1) is 11.1 Å². The van der Waals surface area contributed by atoms with Gasteiger partial charge in [0.15, 0.2) is 0 Å². The molecule has 0 bridgehead atoms. The van der Waals surface area contributed by atoms with Crippen LogP contribution in [0.1, 0.15) is 71.9 Å². The number of rotatable bonds is 10. The maximum atomic E-state index is 13.3. The molecule has 1 heterocycles. The summed E-state index contributed by atoms with van der Waals surface area (Å²) in [5.41, 5.74) is 2.81. The Morgan fingerprint density at radius 1 is 0.971 bits per heavy atom. The molecular formula is C27H33N3O4. The van der Waals surface area contributed by atoms with E-state index in [9.17, 15) is 19.2 Å². The summed E-state index contributed by atoms with van der Waals surface area (Å²) >= 11 is 0. The van der Waals surface area contributed by atoms with Crippen molar-refractivity contribution in [3.63, 3.8) is 0 Å². The summed E-state index contributed by atoms with van der Waals surface area (Å²) in [5, 5.41) is 2.96. The van der Waals surface area contributed by atoms with E-state index in [2.05, 4.69) is 5.32 Å². The number of imide groups is 1. The standard InChI is InChI=1S/C27H33N3O4/c1-5-19(3)28-25(32)20(4)30(17-21-12-7-6-11-18(21)2)24(31)15-10-16-29-26(33)22-13-8-9-14-23(22)27(29)34/h6-9,11-14,19-20H,5,10,15-17H2,1-4H3,(H,28,32). The maximum Gasteiger partial charge on any atom is 0.261 e. The summed E-state index contributed by atoms with van der Waals surface area (Å²) in [6.45, 7) is 8.10. The molecule has 34 heavy (non-hydrogen) atoms. The van der Waals surface area contributed by atoms with Gasteiger partial charge in [-0.1, -0.05) is 43.3 Å². The summed E-state index contributed by atoms with van der Waals surface area (Å²) in [4.78, 5) is 54.0. The number of benzene rings is 2. The van der Waals surface area contributed by atoms with E-state index in [1.54, 1.807) is 36.1 Å². The van der Waals surface area contributed by atoms with Crippen molar-refractivity contribution < 1.29 is 19.2 Å². The topological polar surface area (TPSA) is 86.8 Å². The van der Waals surface area contributed by atoms with Crippen LogP contribution in [0.25, 0.3) is 0 Å². The van der Waals surface area contributed by atoms with Crippen molar-refractivity contribution in [1.82, 2.24) is 15.1 Å². The molecule has 0 radical (unpaired) electrons. The molecule has 0 fully saturated rings. The lowest BCUT2D eigenvalue weighted by Gasteiger charge is -2.30. The van der Waals surface area contributed by atoms with Crippen LogP contribution in [0.2, 0.25) is 0 Å². The number of carbonyl (C=O) groups is 4. The van der Waals surface area contributed by atoms with Crippen molar-refractivity contribution in [3.8, 4) is 0 Å². The molecule has 1 aliphatic rings. The van der Waals surface area contributed by atoms with Crippen LogP contribution >= 0.6 is 0 Å². The smallest absolute Gasteiger partial charge is 0.261 e. The predicted octanol–water partition coefficient (Wildman–Crippen LogP) is 3.70. The fourth-order valence-corrected chi connectivity index (χ4v) is 3.99. The highest BCUT2D eigenvalue weighted by Crippen LogP contribution is 2.23. The first-order valence-corrected chi connectivity index (χ1v) is 11.8. The molecule has 180 valence electrons. The Balaban J connectivity index is 1.68. The molecule has 2 aromatic carbocycles. The Kier molecular flexibility index (Phi) is 8.21. The average molecular weight is 464 g/mol. The second-order valence-corrected chi connectivity index (χ2v) is 8.85. The Labute approximate surface area is 201 Å². The van der Waals surface area contributed by atoms with Gasteiger partial charge in [-0.05, 0) is 56.9 Å². The van der Waals surface area contributed by atoms with Gasteiger partial charge in [0.25, 0.3) is 11.8 Å². The van der Waals surface area contributed by atoms with Crippen LogP contribution in [-0.4, -0.2) is 52.1 Å². The Morgan fingerprint density at radius 3 is 2.15 bits per heavy atom. The van der Waals surface area contributed by atoms with Gasteiger partial charge in [0.2, 0.25) is 11.8 Å². The van der Waals surface area contributed by atoms with Gasteiger partial charge in [-0.15, -0.1) is 0 Å². The molecule has 3 rings (SSSR count). The quantitative estimate of drug-likeness (QED) is 0.545. The zero-order chi connectivity index (χ0) is 24.8. The largest absolute Gasteiger partial charge is 0.352 e. The third kappa shape index (κ3) is 5.53. The number of amides is 4. The molecule has 2 unspecified atom stereocenters. The number of hydrogen-bond acceptors (Lipinski definition) is 4. The van der Waals surface area contributed by atoms with E-state index in [4.69, 9.17) is 0 Å². The number of aryl methyl sites for hydroxylation is 1. The first-order valence-electron chi connectivity index (χ1n) is 11.8. The molecule has 0 aromatic heterocycles. The van der Waals surface area contributed by atoms with Gasteiger partial charge in [-0.2, -0.15) is 0 Å². The van der Waals surface area contributed by atoms with Gasteiger partial charge in [-0.25, -0.2) is 0 Å². The first-order chi connectivity index (χ1) is 16.2. The van der Waals surface area contributed by atoms with Crippen LogP contribution in [0.4, 0.5) is 0 Å². The van der Waals surface area contributed by atoms with Gasteiger partial charge < -0.3 is 10.2 Å². The summed E-state index contributed by atoms with van der Waals surface area (Å²) < 4.78 is 0. The minimum atomic E-state index is -0.652. The van der Waals surface area contributed by atoms with Gasteiger partial charge >= 0.3 is 0 Å².